The third kappa shape index (κ3) is 5.01. The number of hydrogen-bond acceptors (Lipinski definition) is 7. The first kappa shape index (κ1) is 27.8. The number of rotatable bonds is 5. The molecule has 1 saturated heterocycles. The highest BCUT2D eigenvalue weighted by Gasteiger charge is 2.47. The van der Waals surface area contributed by atoms with Gasteiger partial charge in [0.05, 0.1) is 18.0 Å². The topological polar surface area (TPSA) is 109 Å². The SMILES string of the molecule is Cc1ccc(F)c([C@@H](C)[C@@H](c2n[nH]c(=O)o2)N2CN([C@H]3CCOC(C)(C)C3)c3cc(Cl)ccc3S2(=O)=O)c1C. The fourth-order valence-electron chi connectivity index (χ4n) is 5.85. The average molecular weight is 579 g/mol. The molecule has 1 N–H and O–H groups in total. The summed E-state index contributed by atoms with van der Waals surface area (Å²) in [6.07, 6.45) is 1.32. The second-order valence-corrected chi connectivity index (χ2v) is 13.3. The summed E-state index contributed by atoms with van der Waals surface area (Å²) in [6, 6.07) is 6.53. The summed E-state index contributed by atoms with van der Waals surface area (Å²) in [6.45, 7) is 9.82. The number of halogens is 2. The highest BCUT2D eigenvalue weighted by molar-refractivity contribution is 7.89. The maximum absolute atomic E-state index is 15.3. The van der Waals surface area contributed by atoms with Crippen molar-refractivity contribution in [2.24, 2.45) is 0 Å². The summed E-state index contributed by atoms with van der Waals surface area (Å²) < 4.78 is 56.4. The molecule has 3 aromatic rings. The Bertz CT molecular complexity index is 1570. The smallest absolute Gasteiger partial charge is 0.391 e. The Kier molecular flexibility index (Phi) is 7.15. The van der Waals surface area contributed by atoms with Crippen molar-refractivity contribution in [3.05, 3.63) is 74.3 Å². The molecular weight excluding hydrogens is 547 g/mol. The van der Waals surface area contributed by atoms with E-state index in [0.717, 1.165) is 5.56 Å². The van der Waals surface area contributed by atoms with Gasteiger partial charge >= 0.3 is 5.76 Å². The van der Waals surface area contributed by atoms with E-state index in [0.29, 0.717) is 41.3 Å². The van der Waals surface area contributed by atoms with E-state index in [1.54, 1.807) is 26.0 Å². The predicted molar refractivity (Wildman–Crippen MR) is 145 cm³/mol. The maximum Gasteiger partial charge on any atom is 0.434 e. The number of aromatic amines is 1. The number of hydrogen-bond donors (Lipinski definition) is 1. The van der Waals surface area contributed by atoms with Crippen molar-refractivity contribution in [1.82, 2.24) is 14.5 Å². The molecule has 210 valence electrons. The lowest BCUT2D eigenvalue weighted by molar-refractivity contribution is -0.0598. The molecule has 3 atom stereocenters. The Morgan fingerprint density at radius 2 is 1.97 bits per heavy atom. The molecule has 0 bridgehead atoms. The number of fused-ring (bicyclic) bond motifs is 1. The zero-order chi connectivity index (χ0) is 28.3. The van der Waals surface area contributed by atoms with Gasteiger partial charge in [-0.05, 0) is 81.5 Å². The quantitative estimate of drug-likeness (QED) is 0.451. The van der Waals surface area contributed by atoms with Crippen LogP contribution < -0.4 is 10.7 Å². The molecule has 0 amide bonds. The van der Waals surface area contributed by atoms with Crippen LogP contribution in [0.4, 0.5) is 10.1 Å². The number of ether oxygens (including phenoxy) is 1. The zero-order valence-electron chi connectivity index (χ0n) is 22.5. The van der Waals surface area contributed by atoms with Crippen LogP contribution in [-0.4, -0.2) is 47.8 Å². The second kappa shape index (κ2) is 10.0. The van der Waals surface area contributed by atoms with Crippen LogP contribution in [0.25, 0.3) is 0 Å². The van der Waals surface area contributed by atoms with Gasteiger partial charge in [-0.25, -0.2) is 22.7 Å². The molecule has 0 spiro atoms. The van der Waals surface area contributed by atoms with E-state index in [4.69, 9.17) is 20.8 Å². The Morgan fingerprint density at radius 3 is 2.64 bits per heavy atom. The normalized spacial score (nSPS) is 22.3. The summed E-state index contributed by atoms with van der Waals surface area (Å²) in [7, 11) is -4.16. The molecule has 1 aromatic heterocycles. The predicted octanol–water partition coefficient (Wildman–Crippen LogP) is 5.04. The molecule has 2 aliphatic heterocycles. The van der Waals surface area contributed by atoms with Crippen LogP contribution in [0, 0.1) is 19.7 Å². The van der Waals surface area contributed by atoms with Gasteiger partial charge < -0.3 is 14.1 Å². The Labute approximate surface area is 232 Å². The number of sulfonamides is 1. The van der Waals surface area contributed by atoms with Crippen molar-refractivity contribution in [3.63, 3.8) is 0 Å². The van der Waals surface area contributed by atoms with Crippen molar-refractivity contribution in [2.75, 3.05) is 18.2 Å². The van der Waals surface area contributed by atoms with Crippen molar-refractivity contribution in [2.45, 2.75) is 76.0 Å². The van der Waals surface area contributed by atoms with Crippen LogP contribution in [0.2, 0.25) is 5.02 Å². The molecule has 0 unspecified atom stereocenters. The summed E-state index contributed by atoms with van der Waals surface area (Å²) >= 11 is 6.34. The molecule has 1 fully saturated rings. The van der Waals surface area contributed by atoms with E-state index < -0.39 is 39.2 Å². The number of aryl methyl sites for hydroxylation is 1. The minimum atomic E-state index is -4.16. The molecule has 0 radical (unpaired) electrons. The third-order valence-corrected chi connectivity index (χ3v) is 10.00. The summed E-state index contributed by atoms with van der Waals surface area (Å²) in [5.41, 5.74) is 1.96. The third-order valence-electron chi connectivity index (χ3n) is 7.90. The average Bonchev–Trinajstić information content (AvgIpc) is 3.28. The number of H-pyrrole nitrogens is 1. The van der Waals surface area contributed by atoms with Crippen molar-refractivity contribution in [3.8, 4) is 0 Å². The first-order valence-electron chi connectivity index (χ1n) is 12.8. The van der Waals surface area contributed by atoms with E-state index in [1.165, 1.54) is 22.5 Å². The van der Waals surface area contributed by atoms with Crippen molar-refractivity contribution >= 4 is 27.3 Å². The molecule has 2 aliphatic rings. The Hall–Kier alpha value is -2.73. The van der Waals surface area contributed by atoms with E-state index in [9.17, 15) is 13.2 Å². The summed E-state index contributed by atoms with van der Waals surface area (Å²) in [5.74, 6) is -2.19. The van der Waals surface area contributed by atoms with Crippen molar-refractivity contribution in [1.29, 1.82) is 0 Å². The lowest BCUT2D eigenvalue weighted by Gasteiger charge is -2.48. The number of nitrogens with one attached hydrogen (secondary N) is 1. The van der Waals surface area contributed by atoms with Crippen LogP contribution in [-0.2, 0) is 14.8 Å². The molecule has 3 heterocycles. The molecule has 9 nitrogen and oxygen atoms in total. The lowest BCUT2D eigenvalue weighted by atomic mass is 9.87. The van der Waals surface area contributed by atoms with Gasteiger partial charge in [0, 0.05) is 23.6 Å². The summed E-state index contributed by atoms with van der Waals surface area (Å²) in [5, 5.41) is 6.67. The zero-order valence-corrected chi connectivity index (χ0v) is 24.1. The van der Waals surface area contributed by atoms with Gasteiger partial charge in [0.25, 0.3) is 0 Å². The van der Waals surface area contributed by atoms with Crippen molar-refractivity contribution < 1.29 is 22.0 Å². The van der Waals surface area contributed by atoms with Crippen LogP contribution in [0.1, 0.15) is 68.2 Å². The first-order valence-corrected chi connectivity index (χ1v) is 14.6. The monoisotopic (exact) mass is 578 g/mol. The molecule has 0 aliphatic carbocycles. The van der Waals surface area contributed by atoms with Crippen LogP contribution in [0.3, 0.4) is 0 Å². The molecule has 5 rings (SSSR count). The molecule has 0 saturated carbocycles. The molecule has 12 heteroatoms. The van der Waals surface area contributed by atoms with Gasteiger partial charge in [0.1, 0.15) is 16.8 Å². The van der Waals surface area contributed by atoms with Gasteiger partial charge in [-0.2, -0.15) is 4.31 Å². The van der Waals surface area contributed by atoms with E-state index >= 15 is 4.39 Å². The standard InChI is InChI=1S/C27H32ClFN4O5S/c1-15-6-8-20(29)23(16(15)2)17(3)24(25-30-31-26(34)38-25)33-14-32(19-10-11-37-27(4,5)13-19)21-12-18(28)7-9-22(21)39(33,35)36/h6-9,12,17,19,24H,10-11,13-14H2,1-5H3,(H,31,34)/t17-,19+,24+/m1/s1. The van der Waals surface area contributed by atoms with Crippen LogP contribution in [0.15, 0.2) is 44.4 Å². The van der Waals surface area contributed by atoms with Crippen LogP contribution >= 0.6 is 11.6 Å². The Morgan fingerprint density at radius 1 is 1.23 bits per heavy atom. The largest absolute Gasteiger partial charge is 0.434 e. The van der Waals surface area contributed by atoms with E-state index in [2.05, 4.69) is 10.2 Å². The van der Waals surface area contributed by atoms with Gasteiger partial charge in [0.2, 0.25) is 15.9 Å². The fraction of sp³-hybridized carbons (Fsp3) is 0.481. The second-order valence-electron chi connectivity index (χ2n) is 11.0. The highest BCUT2D eigenvalue weighted by atomic mass is 35.5. The van der Waals surface area contributed by atoms with Gasteiger partial charge in [-0.3, -0.25) is 0 Å². The molecule has 2 aromatic carbocycles. The lowest BCUT2D eigenvalue weighted by Crippen LogP contribution is -2.55. The van der Waals surface area contributed by atoms with E-state index in [-0.39, 0.29) is 23.5 Å². The summed E-state index contributed by atoms with van der Waals surface area (Å²) in [4.78, 5) is 14.1. The van der Waals surface area contributed by atoms with Gasteiger partial charge in [-0.15, -0.1) is 5.10 Å². The number of anilines is 1. The Balaban J connectivity index is 1.70. The number of aromatic nitrogens is 2. The first-order chi connectivity index (χ1) is 18.3. The maximum atomic E-state index is 15.3. The number of benzene rings is 2. The van der Waals surface area contributed by atoms with E-state index in [1.807, 2.05) is 25.7 Å². The highest BCUT2D eigenvalue weighted by Crippen LogP contribution is 2.46. The van der Waals surface area contributed by atoms with Gasteiger partial charge in [0.15, 0.2) is 0 Å². The minimum Gasteiger partial charge on any atom is -0.391 e. The molecule has 39 heavy (non-hydrogen) atoms. The van der Waals surface area contributed by atoms with Crippen LogP contribution in [0.5, 0.6) is 0 Å². The van der Waals surface area contributed by atoms with Gasteiger partial charge in [-0.1, -0.05) is 24.6 Å². The minimum absolute atomic E-state index is 0.0662. The number of nitrogens with zero attached hydrogens (tertiary/aromatic N) is 3. The fourth-order valence-corrected chi connectivity index (χ4v) is 7.80. The molecular formula is C27H32ClFN4O5S.